The van der Waals surface area contributed by atoms with Crippen molar-refractivity contribution in [3.63, 3.8) is 0 Å². The van der Waals surface area contributed by atoms with E-state index in [-0.39, 0.29) is 23.8 Å². The number of amides is 3. The van der Waals surface area contributed by atoms with Crippen molar-refractivity contribution in [3.05, 3.63) is 29.0 Å². The summed E-state index contributed by atoms with van der Waals surface area (Å²) in [7, 11) is 0. The van der Waals surface area contributed by atoms with Crippen molar-refractivity contribution in [3.8, 4) is 0 Å². The molecule has 3 amide bonds. The van der Waals surface area contributed by atoms with Gasteiger partial charge in [-0.25, -0.2) is 0 Å². The lowest BCUT2D eigenvalue weighted by molar-refractivity contribution is -0.148. The first-order valence-electron chi connectivity index (χ1n) is 8.77. The molecule has 0 spiro atoms. The molecule has 28 heavy (non-hydrogen) atoms. The Kier molecular flexibility index (Phi) is 5.74. The zero-order chi connectivity index (χ0) is 21.3. The van der Waals surface area contributed by atoms with E-state index in [0.29, 0.717) is 41.9 Å². The summed E-state index contributed by atoms with van der Waals surface area (Å²) in [6.45, 7) is 9.51. The summed E-state index contributed by atoms with van der Waals surface area (Å²) in [6, 6.07) is -0.302. The van der Waals surface area contributed by atoms with E-state index in [2.05, 4.69) is 63.7 Å². The monoisotopic (exact) mass is 640 g/mol. The van der Waals surface area contributed by atoms with Crippen molar-refractivity contribution in [2.75, 3.05) is 0 Å². The van der Waals surface area contributed by atoms with Crippen molar-refractivity contribution < 1.29 is 14.4 Å². The van der Waals surface area contributed by atoms with Crippen LogP contribution in [-0.4, -0.2) is 44.6 Å². The van der Waals surface area contributed by atoms with Gasteiger partial charge in [-0.05, 0) is 104 Å². The van der Waals surface area contributed by atoms with Gasteiger partial charge in [0.05, 0.1) is 11.1 Å². The van der Waals surface area contributed by atoms with Crippen LogP contribution in [0, 0.1) is 0 Å². The molecule has 1 aromatic rings. The molecule has 0 unspecified atom stereocenters. The molecule has 1 fully saturated rings. The lowest BCUT2D eigenvalue weighted by Crippen LogP contribution is -2.66. The fourth-order valence-electron chi connectivity index (χ4n) is 4.96. The highest BCUT2D eigenvalue weighted by Gasteiger charge is 2.52. The molecule has 0 saturated carbocycles. The van der Waals surface area contributed by atoms with Gasteiger partial charge in [-0.1, -0.05) is 0 Å². The second-order valence-electron chi connectivity index (χ2n) is 8.53. The number of piperidine rings is 1. The van der Waals surface area contributed by atoms with Crippen LogP contribution in [0.4, 0.5) is 0 Å². The number of imide groups is 1. The first-order chi connectivity index (χ1) is 12.7. The molecular weight excluding hydrogens is 624 g/mol. The van der Waals surface area contributed by atoms with E-state index in [4.69, 9.17) is 0 Å². The number of hydrogen-bond donors (Lipinski definition) is 0. The molecule has 2 heterocycles. The lowest BCUT2D eigenvalue weighted by atomic mass is 9.76. The zero-order valence-corrected chi connectivity index (χ0v) is 22.5. The van der Waals surface area contributed by atoms with E-state index in [9.17, 15) is 14.4 Å². The maximum absolute atomic E-state index is 13.3. The van der Waals surface area contributed by atoms with Gasteiger partial charge in [-0.3, -0.25) is 19.3 Å². The van der Waals surface area contributed by atoms with Crippen molar-refractivity contribution in [1.82, 2.24) is 9.80 Å². The van der Waals surface area contributed by atoms with Gasteiger partial charge in [0, 0.05) is 41.9 Å². The van der Waals surface area contributed by atoms with Gasteiger partial charge in [0.2, 0.25) is 5.91 Å². The first kappa shape index (κ1) is 22.4. The molecule has 5 nitrogen and oxygen atoms in total. The molecule has 0 bridgehead atoms. The van der Waals surface area contributed by atoms with E-state index in [1.54, 1.807) is 6.92 Å². The van der Waals surface area contributed by atoms with Gasteiger partial charge in [-0.15, -0.1) is 0 Å². The van der Waals surface area contributed by atoms with Crippen molar-refractivity contribution in [2.45, 2.75) is 64.6 Å². The Balaban J connectivity index is 2.08. The van der Waals surface area contributed by atoms with Crippen molar-refractivity contribution >= 4 is 81.4 Å². The van der Waals surface area contributed by atoms with Gasteiger partial charge < -0.3 is 4.90 Å². The molecule has 1 saturated heterocycles. The SMILES string of the molecule is CC(=O)N1C(C)(C)CC(N2C(=O)c3c(Br)c(Br)c(Br)c(Br)c3C2=O)CC1(C)C. The third kappa shape index (κ3) is 3.24. The van der Waals surface area contributed by atoms with Crippen LogP contribution >= 0.6 is 63.7 Å². The van der Waals surface area contributed by atoms with Crippen LogP contribution in [0.3, 0.4) is 0 Å². The van der Waals surface area contributed by atoms with Crippen LogP contribution in [0.5, 0.6) is 0 Å². The maximum atomic E-state index is 13.3. The van der Waals surface area contributed by atoms with Gasteiger partial charge in [0.15, 0.2) is 0 Å². The number of carbonyl (C=O) groups is 3. The topological polar surface area (TPSA) is 57.7 Å². The average Bonchev–Trinajstić information content (AvgIpc) is 2.78. The summed E-state index contributed by atoms with van der Waals surface area (Å²) in [5.41, 5.74) is -0.250. The Morgan fingerprint density at radius 2 is 1.18 bits per heavy atom. The highest BCUT2D eigenvalue weighted by molar-refractivity contribution is 9.15. The molecule has 1 aromatic carbocycles. The standard InChI is InChI=1S/C19H20Br4N2O3/c1-8(26)25-18(2,3)6-9(7-19(25,4)5)24-16(27)10-11(17(24)28)13(21)15(23)14(22)12(10)20/h9H,6-7H2,1-5H3. The molecule has 2 aliphatic rings. The van der Waals surface area contributed by atoms with E-state index < -0.39 is 11.1 Å². The zero-order valence-electron chi connectivity index (χ0n) is 16.1. The molecule has 9 heteroatoms. The minimum atomic E-state index is -0.483. The quantitative estimate of drug-likeness (QED) is 0.218. The molecule has 0 N–H and O–H groups in total. The number of hydrogen-bond acceptors (Lipinski definition) is 3. The smallest absolute Gasteiger partial charge is 0.263 e. The summed E-state index contributed by atoms with van der Waals surface area (Å²) >= 11 is 13.8. The number of carbonyl (C=O) groups excluding carboxylic acids is 3. The number of nitrogens with zero attached hydrogens (tertiary/aromatic N) is 2. The minimum absolute atomic E-state index is 0.00541. The van der Waals surface area contributed by atoms with Crippen molar-refractivity contribution in [2.24, 2.45) is 0 Å². The number of fused-ring (bicyclic) bond motifs is 1. The molecular formula is C19H20Br4N2O3. The second kappa shape index (κ2) is 7.17. The summed E-state index contributed by atoms with van der Waals surface area (Å²) in [6.07, 6.45) is 1.05. The number of benzene rings is 1. The number of rotatable bonds is 1. The highest BCUT2D eigenvalue weighted by Crippen LogP contribution is 2.48. The Hall–Kier alpha value is -0.250. The summed E-state index contributed by atoms with van der Waals surface area (Å²) in [4.78, 5) is 42.2. The molecule has 0 radical (unpaired) electrons. The fraction of sp³-hybridized carbons (Fsp3) is 0.526. The van der Waals surface area contributed by atoms with Gasteiger partial charge in [-0.2, -0.15) is 0 Å². The summed E-state index contributed by atoms with van der Waals surface area (Å²) in [5.74, 6) is -0.628. The van der Waals surface area contributed by atoms with Crippen LogP contribution in [0.15, 0.2) is 17.9 Å². The van der Waals surface area contributed by atoms with Gasteiger partial charge in [0.1, 0.15) is 0 Å². The van der Waals surface area contributed by atoms with Crippen LogP contribution < -0.4 is 0 Å². The van der Waals surface area contributed by atoms with E-state index in [1.807, 2.05) is 32.6 Å². The summed E-state index contributed by atoms with van der Waals surface area (Å²) in [5, 5.41) is 0. The van der Waals surface area contributed by atoms with E-state index in [0.717, 1.165) is 0 Å². The molecule has 152 valence electrons. The Labute approximate surface area is 198 Å². The molecule has 3 rings (SSSR count). The molecule has 2 aliphatic heterocycles. The molecule has 0 aromatic heterocycles. The largest absolute Gasteiger partial charge is 0.333 e. The fourth-order valence-corrected chi connectivity index (χ4v) is 7.42. The highest BCUT2D eigenvalue weighted by atomic mass is 79.9. The van der Waals surface area contributed by atoms with Crippen LogP contribution in [0.1, 0.15) is 68.2 Å². The average molecular weight is 644 g/mol. The third-order valence-electron chi connectivity index (χ3n) is 5.49. The number of likely N-dealkylation sites (tertiary alicyclic amines) is 1. The van der Waals surface area contributed by atoms with E-state index >= 15 is 0 Å². The van der Waals surface area contributed by atoms with Gasteiger partial charge in [0.25, 0.3) is 11.8 Å². The molecule has 0 atom stereocenters. The van der Waals surface area contributed by atoms with Crippen molar-refractivity contribution in [1.29, 1.82) is 0 Å². The van der Waals surface area contributed by atoms with Crippen LogP contribution in [-0.2, 0) is 4.79 Å². The van der Waals surface area contributed by atoms with Crippen LogP contribution in [0.25, 0.3) is 0 Å². The predicted octanol–water partition coefficient (Wildman–Crippen LogP) is 5.90. The normalized spacial score (nSPS) is 21.3. The van der Waals surface area contributed by atoms with Gasteiger partial charge >= 0.3 is 0 Å². The predicted molar refractivity (Wildman–Crippen MR) is 121 cm³/mol. The minimum Gasteiger partial charge on any atom is -0.333 e. The van der Waals surface area contributed by atoms with Crippen LogP contribution in [0.2, 0.25) is 0 Å². The molecule has 0 aliphatic carbocycles. The Morgan fingerprint density at radius 3 is 1.50 bits per heavy atom. The maximum Gasteiger partial charge on any atom is 0.263 e. The van der Waals surface area contributed by atoms with E-state index in [1.165, 1.54) is 4.90 Å². The summed E-state index contributed by atoms with van der Waals surface area (Å²) < 4.78 is 2.46. The Bertz CT molecular complexity index is 861. The first-order valence-corrected chi connectivity index (χ1v) is 11.9. The third-order valence-corrected chi connectivity index (χ3v) is 10.3. The number of halogens is 4. The Morgan fingerprint density at radius 1 is 0.821 bits per heavy atom. The lowest BCUT2D eigenvalue weighted by Gasteiger charge is -2.56. The second-order valence-corrected chi connectivity index (χ2v) is 11.7.